The Morgan fingerprint density at radius 3 is 2.14 bits per heavy atom. The van der Waals surface area contributed by atoms with E-state index in [-0.39, 0.29) is 11.5 Å². The first-order chi connectivity index (χ1) is 13.2. The fraction of sp³-hybridized carbons (Fsp3) is 0.545. The van der Waals surface area contributed by atoms with Gasteiger partial charge in [0.2, 0.25) is 0 Å². The number of aliphatic hydroxyl groups excluding tert-OH is 1. The predicted octanol–water partition coefficient (Wildman–Crippen LogP) is 6.28. The second-order valence-electron chi connectivity index (χ2n) is 7.17. The lowest BCUT2D eigenvalue weighted by molar-refractivity contribution is 0.0376. The molecule has 0 radical (unpaired) electrons. The third-order valence-electron chi connectivity index (χ3n) is 5.09. The number of benzene rings is 1. The molecule has 0 amide bonds. The van der Waals surface area contributed by atoms with E-state index < -0.39 is 0 Å². The van der Waals surface area contributed by atoms with Crippen molar-refractivity contribution < 1.29 is 5.11 Å². The molecule has 1 heterocycles. The molecule has 3 atom stereocenters. The lowest BCUT2D eigenvalue weighted by Crippen LogP contribution is -2.28. The van der Waals surface area contributed by atoms with Gasteiger partial charge >= 0.3 is 0 Å². The van der Waals surface area contributed by atoms with Gasteiger partial charge in [-0.15, -0.1) is 0 Å². The van der Waals surface area contributed by atoms with Gasteiger partial charge in [-0.1, -0.05) is 69.6 Å². The lowest BCUT2D eigenvalue weighted by Gasteiger charge is -2.27. The molecule has 1 aromatic carbocycles. The Morgan fingerprint density at radius 1 is 1.32 bits per heavy atom. The molecule has 0 bridgehead atoms. The van der Waals surface area contributed by atoms with Crippen LogP contribution in [0.2, 0.25) is 5.02 Å². The highest BCUT2D eigenvalue weighted by Gasteiger charge is 2.40. The minimum atomic E-state index is -0.0579. The third kappa shape index (κ3) is 10.3. The first-order valence-corrected chi connectivity index (χ1v) is 10.5. The molecule has 4 nitrogen and oxygen atoms in total. The number of hydrogen-bond acceptors (Lipinski definition) is 3. The van der Waals surface area contributed by atoms with Gasteiger partial charge in [0.25, 0.3) is 0 Å². The highest BCUT2D eigenvalue weighted by molar-refractivity contribution is 6.30. The van der Waals surface area contributed by atoms with Gasteiger partial charge in [-0.3, -0.25) is 4.68 Å². The zero-order chi connectivity index (χ0) is 21.6. The topological polar surface area (TPSA) is 50.9 Å². The molecule has 2 unspecified atom stereocenters. The summed E-state index contributed by atoms with van der Waals surface area (Å²) in [6.45, 7) is 11.8. The number of aromatic nitrogens is 3. The Hall–Kier alpha value is -1.36. The summed E-state index contributed by atoms with van der Waals surface area (Å²) < 4.78 is 1.64. The van der Waals surface area contributed by atoms with Crippen molar-refractivity contribution in [2.45, 2.75) is 59.5 Å². The first-order valence-electron chi connectivity index (χ1n) is 9.66. The van der Waals surface area contributed by atoms with Gasteiger partial charge in [0, 0.05) is 12.1 Å². The van der Waals surface area contributed by atoms with Crippen LogP contribution in [-0.4, -0.2) is 26.0 Å². The van der Waals surface area contributed by atoms with Gasteiger partial charge in [-0.25, -0.2) is 4.98 Å². The van der Waals surface area contributed by atoms with Crippen molar-refractivity contribution in [3.05, 3.63) is 59.6 Å². The molecule has 6 heteroatoms. The van der Waals surface area contributed by atoms with Gasteiger partial charge in [0.05, 0.1) is 6.10 Å². The van der Waals surface area contributed by atoms with Crippen molar-refractivity contribution in [3.8, 4) is 0 Å². The Morgan fingerprint density at radius 2 is 1.89 bits per heavy atom. The van der Waals surface area contributed by atoms with Gasteiger partial charge in [-0.2, -0.15) is 5.10 Å². The van der Waals surface area contributed by atoms with Gasteiger partial charge < -0.3 is 5.11 Å². The van der Waals surface area contributed by atoms with Gasteiger partial charge in [0.15, 0.2) is 0 Å². The summed E-state index contributed by atoms with van der Waals surface area (Å²) in [6, 6.07) is 7.92. The molecule has 0 aliphatic heterocycles. The van der Waals surface area contributed by atoms with E-state index in [1.807, 2.05) is 31.3 Å². The summed E-state index contributed by atoms with van der Waals surface area (Å²) in [7, 11) is 1.83. The average molecular weight is 428 g/mol. The van der Waals surface area contributed by atoms with Crippen LogP contribution in [0.3, 0.4) is 0 Å². The lowest BCUT2D eigenvalue weighted by atomic mass is 9.83. The second kappa shape index (κ2) is 14.6. The molecule has 0 saturated heterocycles. The highest BCUT2D eigenvalue weighted by atomic mass is 35.5. The Kier molecular flexibility index (Phi) is 13.9. The van der Waals surface area contributed by atoms with Crippen LogP contribution in [0.1, 0.15) is 52.5 Å². The first kappa shape index (κ1) is 26.6. The smallest absolute Gasteiger partial charge is 0.137 e. The monoisotopic (exact) mass is 427 g/mol. The number of rotatable bonds is 2. The molecule has 1 aromatic heterocycles. The van der Waals surface area contributed by atoms with E-state index >= 15 is 0 Å². The number of halogens is 2. The Labute approximate surface area is 180 Å². The van der Waals surface area contributed by atoms with Crippen LogP contribution in [0, 0.1) is 11.3 Å². The van der Waals surface area contributed by atoms with Crippen LogP contribution < -0.4 is 0 Å². The maximum absolute atomic E-state index is 9.72. The minimum absolute atomic E-state index is 0.0579. The fourth-order valence-corrected chi connectivity index (χ4v) is 3.05. The van der Waals surface area contributed by atoms with Crippen LogP contribution in [0.4, 0.5) is 0 Å². The second-order valence-corrected chi connectivity index (χ2v) is 7.92. The molecule has 158 valence electrons. The molecular formula is C22H35Cl2N3O. The van der Waals surface area contributed by atoms with Gasteiger partial charge in [0.1, 0.15) is 12.7 Å². The molecule has 1 saturated carbocycles. The van der Waals surface area contributed by atoms with E-state index in [1.54, 1.807) is 11.0 Å². The molecule has 2 aromatic rings. The maximum Gasteiger partial charge on any atom is 0.137 e. The zero-order valence-corrected chi connectivity index (χ0v) is 19.3. The Balaban J connectivity index is 0.000000373. The van der Waals surface area contributed by atoms with Crippen LogP contribution in [-0.2, 0) is 13.5 Å². The quantitative estimate of drug-likeness (QED) is 0.613. The fourth-order valence-electron chi connectivity index (χ4n) is 2.92. The summed E-state index contributed by atoms with van der Waals surface area (Å²) in [6.07, 6.45) is 7.67. The number of hydrogen-bond donors (Lipinski definition) is 1. The van der Waals surface area contributed by atoms with Crippen molar-refractivity contribution in [1.82, 2.24) is 14.8 Å². The van der Waals surface area contributed by atoms with E-state index in [0.29, 0.717) is 5.92 Å². The van der Waals surface area contributed by atoms with E-state index in [1.165, 1.54) is 30.3 Å². The van der Waals surface area contributed by atoms with Crippen LogP contribution in [0.5, 0.6) is 0 Å². The molecule has 1 N–H and O–H groups in total. The van der Waals surface area contributed by atoms with Crippen LogP contribution in [0.25, 0.3) is 0 Å². The zero-order valence-electron chi connectivity index (χ0n) is 17.8. The summed E-state index contributed by atoms with van der Waals surface area (Å²) in [5.74, 6) is 0.518. The van der Waals surface area contributed by atoms with Gasteiger partial charge in [-0.05, 0) is 60.2 Å². The molecule has 1 fully saturated rings. The molecule has 1 aliphatic carbocycles. The standard InChI is InChI=1S/C9H18O.C8H9Cl.C3H5N3.C2H3Cl/c1-4-9(3)6-5-7(2)8(9)10;1-2-7-3-5-8(9)6-4-7;1-6-3-4-2-5-6;1-2-3/h7-8,10H,4-6H2,1-3H3;3-6H,2H2,1H3;2-3H,1H3;2H,1H2/t7?,8-,9?;;;/m0.../s1. The summed E-state index contributed by atoms with van der Waals surface area (Å²) >= 11 is 10.4. The van der Waals surface area contributed by atoms with Crippen molar-refractivity contribution in [3.63, 3.8) is 0 Å². The normalized spacial score (nSPS) is 22.6. The summed E-state index contributed by atoms with van der Waals surface area (Å²) in [5, 5.41) is 14.3. The molecule has 1 aliphatic rings. The van der Waals surface area contributed by atoms with Crippen LogP contribution >= 0.6 is 23.2 Å². The van der Waals surface area contributed by atoms with E-state index in [2.05, 4.69) is 44.4 Å². The third-order valence-corrected chi connectivity index (χ3v) is 5.34. The van der Waals surface area contributed by atoms with E-state index in [9.17, 15) is 5.11 Å². The van der Waals surface area contributed by atoms with Crippen molar-refractivity contribution in [2.24, 2.45) is 18.4 Å². The summed E-state index contributed by atoms with van der Waals surface area (Å²) in [4.78, 5) is 3.67. The van der Waals surface area contributed by atoms with Crippen molar-refractivity contribution in [1.29, 1.82) is 0 Å². The largest absolute Gasteiger partial charge is 0.392 e. The van der Waals surface area contributed by atoms with E-state index in [4.69, 9.17) is 23.2 Å². The highest BCUT2D eigenvalue weighted by Crippen LogP contribution is 2.43. The molecule has 0 spiro atoms. The average Bonchev–Trinajstić information content (AvgIpc) is 3.27. The SMILES string of the molecule is C=CCl.CCC1(C)CCC(C)[C@@H]1O.CCc1ccc(Cl)cc1.Cn1cncn1. The van der Waals surface area contributed by atoms with Crippen molar-refractivity contribution >= 4 is 23.2 Å². The summed E-state index contributed by atoms with van der Waals surface area (Å²) in [5.41, 5.74) is 2.78. The van der Waals surface area contributed by atoms with Crippen LogP contribution in [0.15, 0.2) is 49.0 Å². The maximum atomic E-state index is 9.72. The van der Waals surface area contributed by atoms with E-state index in [0.717, 1.165) is 17.9 Å². The predicted molar refractivity (Wildman–Crippen MR) is 121 cm³/mol. The molecule has 28 heavy (non-hydrogen) atoms. The number of aryl methyl sites for hydroxylation is 2. The number of nitrogens with zero attached hydrogens (tertiary/aromatic N) is 3. The van der Waals surface area contributed by atoms with Crippen molar-refractivity contribution in [2.75, 3.05) is 0 Å². The molecule has 3 rings (SSSR count). The molecular weight excluding hydrogens is 393 g/mol. The minimum Gasteiger partial charge on any atom is -0.392 e. The number of aliphatic hydroxyl groups is 1. The Bertz CT molecular complexity index is 632.